The highest BCUT2D eigenvalue weighted by Gasteiger charge is 2.20. The van der Waals surface area contributed by atoms with Gasteiger partial charge in [-0.1, -0.05) is 30.3 Å². The number of carbonyl (C=O) groups excluding carboxylic acids is 2. The van der Waals surface area contributed by atoms with Gasteiger partial charge in [0.2, 0.25) is 11.8 Å². The van der Waals surface area contributed by atoms with E-state index in [1.54, 1.807) is 4.90 Å². The molecule has 2 N–H and O–H groups in total. The van der Waals surface area contributed by atoms with E-state index in [-0.39, 0.29) is 24.8 Å². The van der Waals surface area contributed by atoms with Gasteiger partial charge in [-0.2, -0.15) is 0 Å². The molecule has 2 amide bonds. The minimum Gasteiger partial charge on any atom is -0.387 e. The number of likely N-dealkylation sites (tertiary alicyclic amines) is 1. The number of hydrogen-bond acceptors (Lipinski definition) is 3. The zero-order valence-corrected chi connectivity index (χ0v) is 11.4. The molecular weight excluding hydrogens is 256 g/mol. The van der Waals surface area contributed by atoms with Crippen LogP contribution in [0.2, 0.25) is 0 Å². The third-order valence-electron chi connectivity index (χ3n) is 3.46. The van der Waals surface area contributed by atoms with Gasteiger partial charge in [-0.05, 0) is 12.0 Å². The van der Waals surface area contributed by atoms with Gasteiger partial charge in [0.25, 0.3) is 0 Å². The Morgan fingerprint density at radius 3 is 2.75 bits per heavy atom. The SMILES string of the molecule is O=C(CCN1CCCC1=O)NCC(O)c1ccccc1. The molecule has 1 heterocycles. The van der Waals surface area contributed by atoms with E-state index in [0.717, 1.165) is 18.5 Å². The Morgan fingerprint density at radius 1 is 1.35 bits per heavy atom. The highest BCUT2D eigenvalue weighted by Crippen LogP contribution is 2.11. The molecule has 0 radical (unpaired) electrons. The van der Waals surface area contributed by atoms with E-state index < -0.39 is 6.10 Å². The number of amides is 2. The van der Waals surface area contributed by atoms with Crippen LogP contribution in [0.25, 0.3) is 0 Å². The van der Waals surface area contributed by atoms with Crippen LogP contribution in [-0.2, 0) is 9.59 Å². The summed E-state index contributed by atoms with van der Waals surface area (Å²) >= 11 is 0. The summed E-state index contributed by atoms with van der Waals surface area (Å²) in [5, 5.41) is 12.6. The van der Waals surface area contributed by atoms with Crippen LogP contribution in [0.5, 0.6) is 0 Å². The largest absolute Gasteiger partial charge is 0.387 e. The number of rotatable bonds is 6. The predicted octanol–water partition coefficient (Wildman–Crippen LogP) is 0.849. The topological polar surface area (TPSA) is 69.6 Å². The van der Waals surface area contributed by atoms with E-state index in [4.69, 9.17) is 0 Å². The molecule has 5 heteroatoms. The molecule has 1 fully saturated rings. The van der Waals surface area contributed by atoms with E-state index in [1.807, 2.05) is 30.3 Å². The Morgan fingerprint density at radius 2 is 2.10 bits per heavy atom. The molecule has 1 saturated heterocycles. The van der Waals surface area contributed by atoms with Crippen LogP contribution in [0.4, 0.5) is 0 Å². The quantitative estimate of drug-likeness (QED) is 0.809. The van der Waals surface area contributed by atoms with Crippen molar-refractivity contribution >= 4 is 11.8 Å². The zero-order chi connectivity index (χ0) is 14.4. The Balaban J connectivity index is 1.68. The third-order valence-corrected chi connectivity index (χ3v) is 3.46. The van der Waals surface area contributed by atoms with Crippen LogP contribution in [0.1, 0.15) is 30.9 Å². The molecule has 2 rings (SSSR count). The fourth-order valence-corrected chi connectivity index (χ4v) is 2.27. The summed E-state index contributed by atoms with van der Waals surface area (Å²) in [5.41, 5.74) is 0.780. The summed E-state index contributed by atoms with van der Waals surface area (Å²) in [6.45, 7) is 1.40. The molecule has 0 aliphatic carbocycles. The number of nitrogens with one attached hydrogen (secondary N) is 1. The van der Waals surface area contributed by atoms with Crippen molar-refractivity contribution < 1.29 is 14.7 Å². The van der Waals surface area contributed by atoms with Crippen LogP contribution in [0.3, 0.4) is 0 Å². The molecular formula is C15H20N2O3. The van der Waals surface area contributed by atoms with Gasteiger partial charge in [-0.25, -0.2) is 0 Å². The van der Waals surface area contributed by atoms with Crippen molar-refractivity contribution in [3.05, 3.63) is 35.9 Å². The standard InChI is InChI=1S/C15H20N2O3/c18-13(12-5-2-1-3-6-12)11-16-14(19)8-10-17-9-4-7-15(17)20/h1-3,5-6,13,18H,4,7-11H2,(H,16,19). The fraction of sp³-hybridized carbons (Fsp3) is 0.467. The highest BCUT2D eigenvalue weighted by molar-refractivity contribution is 5.80. The van der Waals surface area contributed by atoms with E-state index in [2.05, 4.69) is 5.32 Å². The van der Waals surface area contributed by atoms with Crippen molar-refractivity contribution in [3.8, 4) is 0 Å². The summed E-state index contributed by atoms with van der Waals surface area (Å²) in [6.07, 6.45) is 1.06. The maximum absolute atomic E-state index is 11.7. The zero-order valence-electron chi connectivity index (χ0n) is 11.4. The second-order valence-electron chi connectivity index (χ2n) is 4.96. The molecule has 0 spiro atoms. The molecule has 108 valence electrons. The second-order valence-corrected chi connectivity index (χ2v) is 4.96. The summed E-state index contributed by atoms with van der Waals surface area (Å²) < 4.78 is 0. The molecule has 0 saturated carbocycles. The van der Waals surface area contributed by atoms with Gasteiger partial charge < -0.3 is 15.3 Å². The van der Waals surface area contributed by atoms with Crippen LogP contribution in [-0.4, -0.2) is 41.5 Å². The summed E-state index contributed by atoms with van der Waals surface area (Å²) in [5.74, 6) is -0.0122. The lowest BCUT2D eigenvalue weighted by Gasteiger charge is -2.16. The van der Waals surface area contributed by atoms with Crippen molar-refractivity contribution in [1.82, 2.24) is 10.2 Å². The minimum atomic E-state index is -0.700. The molecule has 1 atom stereocenters. The minimum absolute atomic E-state index is 0.127. The fourth-order valence-electron chi connectivity index (χ4n) is 2.27. The lowest BCUT2D eigenvalue weighted by molar-refractivity contribution is -0.128. The number of aliphatic hydroxyl groups is 1. The van der Waals surface area contributed by atoms with Crippen LogP contribution >= 0.6 is 0 Å². The first-order chi connectivity index (χ1) is 9.66. The Bertz CT molecular complexity index is 461. The van der Waals surface area contributed by atoms with Crippen molar-refractivity contribution in [2.45, 2.75) is 25.4 Å². The Labute approximate surface area is 118 Å². The monoisotopic (exact) mass is 276 g/mol. The van der Waals surface area contributed by atoms with Crippen molar-refractivity contribution in [2.24, 2.45) is 0 Å². The number of benzene rings is 1. The van der Waals surface area contributed by atoms with E-state index in [9.17, 15) is 14.7 Å². The molecule has 1 aromatic carbocycles. The van der Waals surface area contributed by atoms with Gasteiger partial charge >= 0.3 is 0 Å². The smallest absolute Gasteiger partial charge is 0.222 e. The molecule has 0 bridgehead atoms. The predicted molar refractivity (Wildman–Crippen MR) is 74.8 cm³/mol. The average Bonchev–Trinajstić information content (AvgIpc) is 2.89. The molecule has 20 heavy (non-hydrogen) atoms. The van der Waals surface area contributed by atoms with E-state index in [1.165, 1.54) is 0 Å². The van der Waals surface area contributed by atoms with Crippen LogP contribution in [0, 0.1) is 0 Å². The average molecular weight is 276 g/mol. The van der Waals surface area contributed by atoms with Gasteiger partial charge in [-0.15, -0.1) is 0 Å². The summed E-state index contributed by atoms with van der Waals surface area (Å²) in [7, 11) is 0. The van der Waals surface area contributed by atoms with Crippen LogP contribution in [0.15, 0.2) is 30.3 Å². The maximum atomic E-state index is 11.7. The van der Waals surface area contributed by atoms with Crippen molar-refractivity contribution in [3.63, 3.8) is 0 Å². The second kappa shape index (κ2) is 7.05. The van der Waals surface area contributed by atoms with E-state index in [0.29, 0.717) is 13.0 Å². The third kappa shape index (κ3) is 4.06. The molecule has 5 nitrogen and oxygen atoms in total. The Kier molecular flexibility index (Phi) is 5.12. The lowest BCUT2D eigenvalue weighted by atomic mass is 10.1. The first-order valence-electron chi connectivity index (χ1n) is 6.94. The number of aliphatic hydroxyl groups excluding tert-OH is 1. The maximum Gasteiger partial charge on any atom is 0.222 e. The van der Waals surface area contributed by atoms with E-state index >= 15 is 0 Å². The van der Waals surface area contributed by atoms with Gasteiger partial charge in [0.05, 0.1) is 6.10 Å². The first-order valence-corrected chi connectivity index (χ1v) is 6.94. The lowest BCUT2D eigenvalue weighted by Crippen LogP contribution is -2.33. The number of hydrogen-bond donors (Lipinski definition) is 2. The van der Waals surface area contributed by atoms with Gasteiger partial charge in [-0.3, -0.25) is 9.59 Å². The van der Waals surface area contributed by atoms with Gasteiger partial charge in [0.1, 0.15) is 0 Å². The first kappa shape index (κ1) is 14.5. The molecule has 0 aromatic heterocycles. The number of carbonyl (C=O) groups is 2. The normalized spacial score (nSPS) is 16.2. The van der Waals surface area contributed by atoms with Gasteiger partial charge in [0.15, 0.2) is 0 Å². The molecule has 1 aromatic rings. The summed E-state index contributed by atoms with van der Waals surface area (Å²) in [4.78, 5) is 24.8. The van der Waals surface area contributed by atoms with Crippen LogP contribution < -0.4 is 5.32 Å². The number of nitrogens with zero attached hydrogens (tertiary/aromatic N) is 1. The van der Waals surface area contributed by atoms with Crippen molar-refractivity contribution in [2.75, 3.05) is 19.6 Å². The van der Waals surface area contributed by atoms with Crippen molar-refractivity contribution in [1.29, 1.82) is 0 Å². The highest BCUT2D eigenvalue weighted by atomic mass is 16.3. The molecule has 1 unspecified atom stereocenters. The van der Waals surface area contributed by atoms with Gasteiger partial charge in [0, 0.05) is 32.5 Å². The Hall–Kier alpha value is -1.88. The molecule has 1 aliphatic rings. The summed E-state index contributed by atoms with van der Waals surface area (Å²) in [6, 6.07) is 9.21. The molecule has 1 aliphatic heterocycles.